The number of carbonyl (C=O) groups excluding carboxylic acids is 1. The Kier molecular flexibility index (Phi) is 5.72. The first-order chi connectivity index (χ1) is 11.0. The summed E-state index contributed by atoms with van der Waals surface area (Å²) in [7, 11) is 1.86. The van der Waals surface area contributed by atoms with Gasteiger partial charge in [-0.1, -0.05) is 0 Å². The van der Waals surface area contributed by atoms with E-state index in [0.717, 1.165) is 11.1 Å². The Morgan fingerprint density at radius 3 is 2.96 bits per heavy atom. The van der Waals surface area contributed by atoms with Crippen molar-refractivity contribution in [3.63, 3.8) is 0 Å². The molecule has 0 spiro atoms. The molecule has 1 aromatic carbocycles. The van der Waals surface area contributed by atoms with Crippen LogP contribution >= 0.6 is 0 Å². The maximum Gasteiger partial charge on any atom is 0.239 e. The molecule has 2 aromatic rings. The number of nitrogens with zero attached hydrogens (tertiary/aromatic N) is 2. The predicted molar refractivity (Wildman–Crippen MR) is 85.6 cm³/mol. The van der Waals surface area contributed by atoms with Gasteiger partial charge in [-0.3, -0.25) is 9.48 Å². The number of benzene rings is 1. The van der Waals surface area contributed by atoms with E-state index >= 15 is 0 Å². The van der Waals surface area contributed by atoms with Crippen LogP contribution in [-0.4, -0.2) is 46.1 Å². The average Bonchev–Trinajstić information content (AvgIpc) is 2.97. The standard InChI is InChI=1S/C16H21N4O3/c1-11(21)15(17)16(22)18-6-7-23-14-5-3-4-12(8-14)13-9-19-20(2)10-13/h4-5,8-11,15,21H,6-7,17H2,1-2H3,(H,18,22)/t11-,15+/m0/s1. The Balaban J connectivity index is 1.84. The quantitative estimate of drug-likeness (QED) is 0.628. The monoisotopic (exact) mass is 317 g/mol. The zero-order valence-electron chi connectivity index (χ0n) is 13.2. The number of aliphatic hydroxyl groups is 1. The lowest BCUT2D eigenvalue weighted by Gasteiger charge is -2.14. The molecule has 0 saturated carbocycles. The van der Waals surface area contributed by atoms with Crippen molar-refractivity contribution < 1.29 is 14.6 Å². The molecular formula is C16H21N4O3. The van der Waals surface area contributed by atoms with Crippen LogP contribution in [-0.2, 0) is 11.8 Å². The molecule has 0 saturated heterocycles. The van der Waals surface area contributed by atoms with Gasteiger partial charge in [0.2, 0.25) is 5.91 Å². The van der Waals surface area contributed by atoms with E-state index in [-0.39, 0.29) is 0 Å². The van der Waals surface area contributed by atoms with Gasteiger partial charge < -0.3 is 20.9 Å². The molecule has 0 fully saturated rings. The Morgan fingerprint density at radius 1 is 1.52 bits per heavy atom. The van der Waals surface area contributed by atoms with Crippen LogP contribution in [0.4, 0.5) is 0 Å². The molecule has 1 amide bonds. The summed E-state index contributed by atoms with van der Waals surface area (Å²) in [5.74, 6) is 0.250. The van der Waals surface area contributed by atoms with E-state index in [1.807, 2.05) is 25.4 Å². The molecule has 0 aliphatic rings. The summed E-state index contributed by atoms with van der Waals surface area (Å²) >= 11 is 0. The number of aryl methyl sites for hydroxylation is 1. The lowest BCUT2D eigenvalue weighted by molar-refractivity contribution is -0.124. The summed E-state index contributed by atoms with van der Waals surface area (Å²) in [6.07, 6.45) is 2.79. The van der Waals surface area contributed by atoms with E-state index in [1.54, 1.807) is 16.9 Å². The molecule has 0 unspecified atom stereocenters. The predicted octanol–water partition coefficient (Wildman–Crippen LogP) is 0.0904. The lowest BCUT2D eigenvalue weighted by Crippen LogP contribution is -2.48. The van der Waals surface area contributed by atoms with Crippen molar-refractivity contribution in [2.45, 2.75) is 19.1 Å². The van der Waals surface area contributed by atoms with Gasteiger partial charge in [0.05, 0.1) is 18.8 Å². The number of amides is 1. The van der Waals surface area contributed by atoms with Crippen LogP contribution in [0.1, 0.15) is 6.92 Å². The fourth-order valence-electron chi connectivity index (χ4n) is 1.95. The first-order valence-electron chi connectivity index (χ1n) is 7.31. The second-order valence-corrected chi connectivity index (χ2v) is 5.27. The summed E-state index contributed by atoms with van der Waals surface area (Å²) in [4.78, 5) is 11.6. The number of hydrogen-bond acceptors (Lipinski definition) is 5. The highest BCUT2D eigenvalue weighted by Gasteiger charge is 2.17. The Labute approximate surface area is 135 Å². The highest BCUT2D eigenvalue weighted by atomic mass is 16.5. The Hall–Kier alpha value is -2.38. The maximum absolute atomic E-state index is 11.6. The van der Waals surface area contributed by atoms with E-state index < -0.39 is 18.1 Å². The van der Waals surface area contributed by atoms with E-state index in [2.05, 4.69) is 16.5 Å². The van der Waals surface area contributed by atoms with Gasteiger partial charge in [-0.05, 0) is 36.8 Å². The molecule has 2 rings (SSSR count). The van der Waals surface area contributed by atoms with E-state index in [1.165, 1.54) is 6.92 Å². The molecule has 123 valence electrons. The first kappa shape index (κ1) is 17.0. The molecule has 7 heteroatoms. The number of aromatic nitrogens is 2. The van der Waals surface area contributed by atoms with E-state index in [4.69, 9.17) is 10.5 Å². The molecule has 0 bridgehead atoms. The highest BCUT2D eigenvalue weighted by Crippen LogP contribution is 2.22. The number of ether oxygens (including phenoxy) is 1. The second kappa shape index (κ2) is 7.75. The second-order valence-electron chi connectivity index (χ2n) is 5.27. The zero-order valence-corrected chi connectivity index (χ0v) is 13.2. The normalized spacial score (nSPS) is 13.4. The molecule has 7 nitrogen and oxygen atoms in total. The summed E-state index contributed by atoms with van der Waals surface area (Å²) in [6, 6.07) is 7.55. The molecular weight excluding hydrogens is 296 g/mol. The van der Waals surface area contributed by atoms with E-state index in [9.17, 15) is 9.90 Å². The fraction of sp³-hybridized carbons (Fsp3) is 0.375. The van der Waals surface area contributed by atoms with Gasteiger partial charge in [0.15, 0.2) is 0 Å². The van der Waals surface area contributed by atoms with Crippen LogP contribution < -0.4 is 15.8 Å². The van der Waals surface area contributed by atoms with Gasteiger partial charge in [0.25, 0.3) is 0 Å². The Bertz CT molecular complexity index is 654. The number of carbonyl (C=O) groups is 1. The average molecular weight is 317 g/mol. The Morgan fingerprint density at radius 2 is 2.30 bits per heavy atom. The van der Waals surface area contributed by atoms with Gasteiger partial charge in [-0.15, -0.1) is 0 Å². The number of nitrogens with one attached hydrogen (secondary N) is 1. The van der Waals surface area contributed by atoms with Crippen molar-refractivity contribution in [1.82, 2.24) is 15.1 Å². The van der Waals surface area contributed by atoms with E-state index in [0.29, 0.717) is 18.9 Å². The van der Waals surface area contributed by atoms with Crippen LogP contribution in [0, 0.1) is 6.07 Å². The van der Waals surface area contributed by atoms with Gasteiger partial charge >= 0.3 is 0 Å². The summed E-state index contributed by atoms with van der Waals surface area (Å²) in [6.45, 7) is 2.07. The van der Waals surface area contributed by atoms with Crippen molar-refractivity contribution >= 4 is 5.91 Å². The third-order valence-corrected chi connectivity index (χ3v) is 3.29. The van der Waals surface area contributed by atoms with Crippen LogP contribution in [0.25, 0.3) is 11.1 Å². The largest absolute Gasteiger partial charge is 0.492 e. The SMILES string of the molecule is C[C@H](O)[C@@H](N)C(=O)NCCOc1c[c]cc(-c2cnn(C)c2)c1. The third kappa shape index (κ3) is 4.80. The number of aliphatic hydroxyl groups excluding tert-OH is 1. The summed E-state index contributed by atoms with van der Waals surface area (Å²) < 4.78 is 7.32. The fourth-order valence-corrected chi connectivity index (χ4v) is 1.95. The minimum atomic E-state index is -0.933. The number of hydrogen-bond donors (Lipinski definition) is 3. The molecule has 0 aliphatic carbocycles. The summed E-state index contributed by atoms with van der Waals surface area (Å²) in [5, 5.41) is 16.0. The van der Waals surface area contributed by atoms with Crippen molar-refractivity contribution in [2.75, 3.05) is 13.2 Å². The first-order valence-corrected chi connectivity index (χ1v) is 7.31. The van der Waals surface area contributed by atoms with Gasteiger partial charge in [0, 0.05) is 18.8 Å². The van der Waals surface area contributed by atoms with Crippen molar-refractivity contribution in [2.24, 2.45) is 12.8 Å². The summed E-state index contributed by atoms with van der Waals surface area (Å²) in [5.41, 5.74) is 7.46. The molecule has 4 N–H and O–H groups in total. The molecule has 23 heavy (non-hydrogen) atoms. The molecule has 1 aromatic heterocycles. The maximum atomic E-state index is 11.6. The minimum Gasteiger partial charge on any atom is -0.492 e. The van der Waals surface area contributed by atoms with Crippen molar-refractivity contribution in [1.29, 1.82) is 0 Å². The highest BCUT2D eigenvalue weighted by molar-refractivity contribution is 5.82. The zero-order chi connectivity index (χ0) is 16.8. The van der Waals surface area contributed by atoms with Crippen molar-refractivity contribution in [3.8, 4) is 16.9 Å². The van der Waals surface area contributed by atoms with Gasteiger partial charge in [-0.2, -0.15) is 5.10 Å². The molecule has 1 heterocycles. The van der Waals surface area contributed by atoms with Crippen LogP contribution in [0.5, 0.6) is 5.75 Å². The number of nitrogens with two attached hydrogens (primary N) is 1. The molecule has 0 aliphatic heterocycles. The molecule has 1 radical (unpaired) electrons. The topological polar surface area (TPSA) is 102 Å². The minimum absolute atomic E-state index is 0.294. The van der Waals surface area contributed by atoms with Crippen molar-refractivity contribution in [3.05, 3.63) is 36.7 Å². The number of rotatable bonds is 7. The lowest BCUT2D eigenvalue weighted by atomic mass is 10.1. The van der Waals surface area contributed by atoms with Gasteiger partial charge in [0.1, 0.15) is 18.4 Å². The van der Waals surface area contributed by atoms with Crippen LogP contribution in [0.15, 0.2) is 30.6 Å². The molecule has 2 atom stereocenters. The smallest absolute Gasteiger partial charge is 0.239 e. The van der Waals surface area contributed by atoms with Gasteiger partial charge in [-0.25, -0.2) is 0 Å². The van der Waals surface area contributed by atoms with Crippen LogP contribution in [0.2, 0.25) is 0 Å². The third-order valence-electron chi connectivity index (χ3n) is 3.29. The van der Waals surface area contributed by atoms with Crippen LogP contribution in [0.3, 0.4) is 0 Å².